The molecule has 92 valence electrons. The Labute approximate surface area is 109 Å². The Bertz CT molecular complexity index is 290. The quantitative estimate of drug-likeness (QED) is 0.577. The van der Waals surface area contributed by atoms with Crippen LogP contribution in [-0.2, 0) is 9.63 Å². The highest BCUT2D eigenvalue weighted by molar-refractivity contribution is 8.00. The molecule has 0 aromatic carbocycles. The molecule has 0 saturated carbocycles. The topological polar surface area (TPSA) is 58.9 Å². The van der Waals surface area contributed by atoms with Gasteiger partial charge in [-0.1, -0.05) is 35.3 Å². The highest BCUT2D eigenvalue weighted by atomic mass is 35.5. The fourth-order valence-corrected chi connectivity index (χ4v) is 2.32. The normalized spacial score (nSPS) is 13.1. The molecular weight excluding hydrogens is 273 g/mol. The van der Waals surface area contributed by atoms with Crippen LogP contribution in [0.4, 0.5) is 0 Å². The van der Waals surface area contributed by atoms with E-state index in [1.165, 1.54) is 18.9 Å². The van der Waals surface area contributed by atoms with E-state index >= 15 is 0 Å². The van der Waals surface area contributed by atoms with Crippen molar-refractivity contribution >= 4 is 46.6 Å². The summed E-state index contributed by atoms with van der Waals surface area (Å²) >= 11 is 12.3. The molecule has 0 fully saturated rings. The zero-order chi connectivity index (χ0) is 12.6. The van der Waals surface area contributed by atoms with Gasteiger partial charge in [0.1, 0.15) is 11.6 Å². The number of nitrogens with zero attached hydrogens (tertiary/aromatic N) is 1. The van der Waals surface area contributed by atoms with Gasteiger partial charge >= 0.3 is 5.97 Å². The molecule has 0 bridgehead atoms. The minimum Gasteiger partial charge on any atom is -0.477 e. The average Bonchev–Trinajstić information content (AvgIpc) is 2.21. The Kier molecular flexibility index (Phi) is 8.51. The molecule has 0 aromatic rings. The summed E-state index contributed by atoms with van der Waals surface area (Å²) in [6.45, 7) is 1.87. The number of hydrogen-bond donors (Lipinski definition) is 1. The molecule has 0 aromatic heterocycles. The second kappa shape index (κ2) is 8.73. The number of oxime groups is 1. The van der Waals surface area contributed by atoms with E-state index in [4.69, 9.17) is 28.3 Å². The van der Waals surface area contributed by atoms with E-state index in [0.717, 1.165) is 0 Å². The van der Waals surface area contributed by atoms with Gasteiger partial charge in [0.15, 0.2) is 5.71 Å². The largest absolute Gasteiger partial charge is 0.477 e. The maximum atomic E-state index is 10.9. The highest BCUT2D eigenvalue weighted by Gasteiger charge is 2.22. The lowest BCUT2D eigenvalue weighted by molar-refractivity contribution is -0.129. The van der Waals surface area contributed by atoms with Gasteiger partial charge in [0.05, 0.1) is 5.25 Å². The van der Waals surface area contributed by atoms with E-state index in [9.17, 15) is 4.79 Å². The van der Waals surface area contributed by atoms with E-state index < -0.39 is 5.97 Å². The fourth-order valence-electron chi connectivity index (χ4n) is 0.951. The summed E-state index contributed by atoms with van der Waals surface area (Å²) in [5, 5.41) is 12.2. The van der Waals surface area contributed by atoms with Crippen LogP contribution in [0.5, 0.6) is 0 Å². The number of carbonyl (C=O) groups is 1. The van der Waals surface area contributed by atoms with Crippen molar-refractivity contribution in [2.75, 3.05) is 12.9 Å². The number of rotatable bonds is 7. The summed E-state index contributed by atoms with van der Waals surface area (Å²) in [4.78, 5) is 15.4. The second-order valence-corrected chi connectivity index (χ2v) is 4.93. The third kappa shape index (κ3) is 6.25. The zero-order valence-corrected chi connectivity index (χ0v) is 11.3. The first-order valence-corrected chi connectivity index (χ1v) is 6.30. The molecule has 1 atom stereocenters. The maximum Gasteiger partial charge on any atom is 0.354 e. The molecule has 4 nitrogen and oxygen atoms in total. The summed E-state index contributed by atoms with van der Waals surface area (Å²) in [6, 6.07) is 0. The number of aliphatic carboxylic acids is 1. The predicted molar refractivity (Wildman–Crippen MR) is 68.4 cm³/mol. The van der Waals surface area contributed by atoms with Gasteiger partial charge < -0.3 is 9.94 Å². The predicted octanol–water partition coefficient (Wildman–Crippen LogP) is 2.90. The van der Waals surface area contributed by atoms with Crippen LogP contribution in [0.25, 0.3) is 0 Å². The van der Waals surface area contributed by atoms with E-state index in [2.05, 4.69) is 9.99 Å². The second-order valence-electron chi connectivity index (χ2n) is 2.69. The monoisotopic (exact) mass is 285 g/mol. The van der Waals surface area contributed by atoms with Crippen LogP contribution in [0.1, 0.15) is 13.3 Å². The standard InChI is InChI=1S/C9H13Cl2NO3S/c1-3-6(16-5-4-7(10)11)8(9(13)14)12-15-2/h4,6H,3,5H2,1-2H3,(H,13,14). The lowest BCUT2D eigenvalue weighted by atomic mass is 10.2. The summed E-state index contributed by atoms with van der Waals surface area (Å²) in [7, 11) is 1.32. The minimum atomic E-state index is -1.08. The Morgan fingerprint density at radius 3 is 2.62 bits per heavy atom. The van der Waals surface area contributed by atoms with Crippen LogP contribution >= 0.6 is 35.0 Å². The Morgan fingerprint density at radius 1 is 1.62 bits per heavy atom. The van der Waals surface area contributed by atoms with Gasteiger partial charge in [0.2, 0.25) is 0 Å². The summed E-state index contributed by atoms with van der Waals surface area (Å²) < 4.78 is 0.169. The van der Waals surface area contributed by atoms with Gasteiger partial charge in [-0.05, 0) is 12.5 Å². The summed E-state index contributed by atoms with van der Waals surface area (Å²) in [5.74, 6) is -0.557. The molecule has 16 heavy (non-hydrogen) atoms. The van der Waals surface area contributed by atoms with Gasteiger partial charge in [0, 0.05) is 5.75 Å². The molecule has 7 heteroatoms. The van der Waals surface area contributed by atoms with Crippen molar-refractivity contribution in [3.8, 4) is 0 Å². The van der Waals surface area contributed by atoms with Crippen molar-refractivity contribution in [2.24, 2.45) is 5.16 Å². The third-order valence-electron chi connectivity index (χ3n) is 1.62. The maximum absolute atomic E-state index is 10.9. The Balaban J connectivity index is 4.51. The SMILES string of the molecule is CCC(SCC=C(Cl)Cl)C(=NOC)C(=O)O. The molecular formula is C9H13Cl2NO3S. The molecule has 0 aliphatic carbocycles. The molecule has 0 radical (unpaired) electrons. The molecule has 0 spiro atoms. The number of carboxylic acid groups (broad SMARTS) is 1. The average molecular weight is 286 g/mol. The smallest absolute Gasteiger partial charge is 0.354 e. The van der Waals surface area contributed by atoms with Crippen molar-refractivity contribution in [3.05, 3.63) is 10.6 Å². The van der Waals surface area contributed by atoms with Crippen LogP contribution in [0.3, 0.4) is 0 Å². The molecule has 0 saturated heterocycles. The van der Waals surface area contributed by atoms with Crippen molar-refractivity contribution in [1.82, 2.24) is 0 Å². The first kappa shape index (κ1) is 15.6. The van der Waals surface area contributed by atoms with Crippen LogP contribution in [-0.4, -0.2) is 34.9 Å². The van der Waals surface area contributed by atoms with Gasteiger partial charge in [-0.3, -0.25) is 0 Å². The Morgan fingerprint density at radius 2 is 2.25 bits per heavy atom. The molecule has 1 unspecified atom stereocenters. The summed E-state index contributed by atoms with van der Waals surface area (Å²) in [5.41, 5.74) is -0.00547. The fraction of sp³-hybridized carbons (Fsp3) is 0.556. The summed E-state index contributed by atoms with van der Waals surface area (Å²) in [6.07, 6.45) is 2.23. The minimum absolute atomic E-state index is 0.00547. The van der Waals surface area contributed by atoms with Crippen LogP contribution in [0.2, 0.25) is 0 Å². The van der Waals surface area contributed by atoms with Gasteiger partial charge in [-0.15, -0.1) is 11.8 Å². The number of thioether (sulfide) groups is 1. The van der Waals surface area contributed by atoms with Crippen molar-refractivity contribution in [2.45, 2.75) is 18.6 Å². The number of carboxylic acids is 1. The van der Waals surface area contributed by atoms with Gasteiger partial charge in [-0.2, -0.15) is 0 Å². The molecule has 1 N–H and O–H groups in total. The first-order chi connectivity index (χ1) is 7.52. The number of hydrogen-bond acceptors (Lipinski definition) is 4. The van der Waals surface area contributed by atoms with Gasteiger partial charge in [0.25, 0.3) is 0 Å². The molecule has 0 aliphatic rings. The van der Waals surface area contributed by atoms with E-state index in [1.807, 2.05) is 6.92 Å². The van der Waals surface area contributed by atoms with Crippen LogP contribution in [0, 0.1) is 0 Å². The van der Waals surface area contributed by atoms with Crippen molar-refractivity contribution in [3.63, 3.8) is 0 Å². The lowest BCUT2D eigenvalue weighted by Crippen LogP contribution is -2.26. The third-order valence-corrected chi connectivity index (χ3v) is 3.25. The molecule has 0 heterocycles. The van der Waals surface area contributed by atoms with E-state index in [1.54, 1.807) is 6.08 Å². The lowest BCUT2D eigenvalue weighted by Gasteiger charge is -2.12. The van der Waals surface area contributed by atoms with Crippen LogP contribution in [0.15, 0.2) is 15.7 Å². The van der Waals surface area contributed by atoms with Crippen molar-refractivity contribution in [1.29, 1.82) is 0 Å². The van der Waals surface area contributed by atoms with E-state index in [0.29, 0.717) is 12.2 Å². The van der Waals surface area contributed by atoms with Gasteiger partial charge in [-0.25, -0.2) is 4.79 Å². The van der Waals surface area contributed by atoms with E-state index in [-0.39, 0.29) is 15.5 Å². The Hall–Kier alpha value is -0.390. The van der Waals surface area contributed by atoms with Crippen molar-refractivity contribution < 1.29 is 14.7 Å². The first-order valence-electron chi connectivity index (χ1n) is 4.50. The number of halogens is 2. The zero-order valence-electron chi connectivity index (χ0n) is 8.94. The molecule has 0 aliphatic heterocycles. The molecule has 0 amide bonds. The molecule has 0 rings (SSSR count). The van der Waals surface area contributed by atoms with Crippen LogP contribution < -0.4 is 0 Å². The highest BCUT2D eigenvalue weighted by Crippen LogP contribution is 2.19.